The second kappa shape index (κ2) is 10.4. The molecule has 3 aromatic carbocycles. The van der Waals surface area contributed by atoms with Crippen molar-refractivity contribution in [2.75, 3.05) is 18.6 Å². The Labute approximate surface area is 226 Å². The van der Waals surface area contributed by atoms with E-state index in [1.807, 2.05) is 24.3 Å². The Morgan fingerprint density at radius 1 is 1.16 bits per heavy atom. The maximum Gasteiger partial charge on any atom is 0.420 e. The van der Waals surface area contributed by atoms with Gasteiger partial charge in [-0.25, -0.2) is 4.79 Å². The van der Waals surface area contributed by atoms with Crippen LogP contribution in [0.4, 0.5) is 23.7 Å². The first-order valence-electron chi connectivity index (χ1n) is 11.7. The van der Waals surface area contributed by atoms with Gasteiger partial charge >= 0.3 is 12.3 Å². The molecule has 1 heterocycles. The van der Waals surface area contributed by atoms with Crippen LogP contribution in [0.3, 0.4) is 0 Å². The maximum absolute atomic E-state index is 13.9. The summed E-state index contributed by atoms with van der Waals surface area (Å²) in [5.74, 6) is -0.711. The maximum atomic E-state index is 13.9. The second-order valence-electron chi connectivity index (χ2n) is 9.70. The fourth-order valence-electron chi connectivity index (χ4n) is 4.23. The van der Waals surface area contributed by atoms with Gasteiger partial charge in [-0.15, -0.1) is 0 Å². The smallest absolute Gasteiger partial charge is 0.420 e. The lowest BCUT2D eigenvalue weighted by molar-refractivity contribution is -0.138. The van der Waals surface area contributed by atoms with Crippen LogP contribution in [0.15, 0.2) is 53.0 Å². The van der Waals surface area contributed by atoms with Crippen LogP contribution in [0.1, 0.15) is 31.9 Å². The highest BCUT2D eigenvalue weighted by atomic mass is 79.9. The first-order valence-corrected chi connectivity index (χ1v) is 12.5. The second-order valence-corrected chi connectivity index (χ2v) is 10.6. The highest BCUT2D eigenvalue weighted by Crippen LogP contribution is 2.44. The first-order chi connectivity index (χ1) is 17.8. The van der Waals surface area contributed by atoms with E-state index in [-0.39, 0.29) is 12.2 Å². The Balaban J connectivity index is 1.84. The molecule has 0 saturated carbocycles. The van der Waals surface area contributed by atoms with Gasteiger partial charge in [0, 0.05) is 10.0 Å². The first kappa shape index (κ1) is 27.6. The summed E-state index contributed by atoms with van der Waals surface area (Å²) < 4.78 is 59.0. The normalized spacial score (nSPS) is 15.9. The molecule has 4 rings (SSSR count). The van der Waals surface area contributed by atoms with Crippen LogP contribution < -0.4 is 19.7 Å². The van der Waals surface area contributed by atoms with Crippen molar-refractivity contribution in [2.45, 2.75) is 45.1 Å². The van der Waals surface area contributed by atoms with Crippen LogP contribution in [-0.4, -0.2) is 37.4 Å². The molecular formula is C27H26BrF3N2O5. The molecule has 0 radical (unpaired) electrons. The summed E-state index contributed by atoms with van der Waals surface area (Å²) in [6.07, 6.45) is -5.63. The van der Waals surface area contributed by atoms with Crippen molar-refractivity contribution in [1.82, 2.24) is 5.32 Å². The van der Waals surface area contributed by atoms with E-state index in [0.29, 0.717) is 11.3 Å². The molecule has 1 aliphatic heterocycles. The lowest BCUT2D eigenvalue weighted by Gasteiger charge is -2.27. The summed E-state index contributed by atoms with van der Waals surface area (Å²) in [4.78, 5) is 27.5. The molecule has 202 valence electrons. The number of nitrogens with zero attached hydrogens (tertiary/aromatic N) is 1. The van der Waals surface area contributed by atoms with Gasteiger partial charge in [0.1, 0.15) is 24.0 Å². The average molecular weight is 595 g/mol. The largest absolute Gasteiger partial charge is 0.496 e. The Morgan fingerprint density at radius 2 is 1.89 bits per heavy atom. The van der Waals surface area contributed by atoms with Crippen molar-refractivity contribution in [3.8, 4) is 11.5 Å². The summed E-state index contributed by atoms with van der Waals surface area (Å²) in [5.41, 5.74) is -1.38. The van der Waals surface area contributed by atoms with Gasteiger partial charge in [-0.2, -0.15) is 13.2 Å². The van der Waals surface area contributed by atoms with Gasteiger partial charge in [0.2, 0.25) is 0 Å². The molecule has 0 bridgehead atoms. The quantitative estimate of drug-likeness (QED) is 0.376. The number of alkyl carbamates (subject to hydrolysis) is 1. The van der Waals surface area contributed by atoms with E-state index in [0.717, 1.165) is 21.3 Å². The highest BCUT2D eigenvalue weighted by molar-refractivity contribution is 9.10. The molecule has 1 N–H and O–H groups in total. The van der Waals surface area contributed by atoms with Gasteiger partial charge in [0.25, 0.3) is 5.91 Å². The van der Waals surface area contributed by atoms with Gasteiger partial charge in [0.05, 0.1) is 24.9 Å². The predicted molar refractivity (Wildman–Crippen MR) is 139 cm³/mol. The number of hydrogen-bond acceptors (Lipinski definition) is 5. The van der Waals surface area contributed by atoms with Crippen molar-refractivity contribution in [3.05, 3.63) is 64.1 Å². The van der Waals surface area contributed by atoms with E-state index in [2.05, 4.69) is 21.2 Å². The predicted octanol–water partition coefficient (Wildman–Crippen LogP) is 6.45. The van der Waals surface area contributed by atoms with Crippen molar-refractivity contribution in [2.24, 2.45) is 0 Å². The third kappa shape index (κ3) is 5.82. The van der Waals surface area contributed by atoms with Crippen LogP contribution in [0.25, 0.3) is 10.8 Å². The van der Waals surface area contributed by atoms with Gasteiger partial charge < -0.3 is 24.4 Å². The number of para-hydroxylation sites is 1. The number of alkyl halides is 3. The van der Waals surface area contributed by atoms with E-state index >= 15 is 0 Å². The Bertz CT molecular complexity index is 1390. The van der Waals surface area contributed by atoms with Crippen molar-refractivity contribution >= 4 is 44.4 Å². The third-order valence-electron chi connectivity index (χ3n) is 5.83. The fourth-order valence-corrected chi connectivity index (χ4v) is 4.61. The number of nitrogens with one attached hydrogen (secondary N) is 1. The standard InChI is InChI=1S/C27H26BrF3N2O5/c1-26(2,3)38-25(35)32-20-14-37-23-19(27(29,30)31)6-5-7-21(23)33(24(20)34)13-18-17-10-9-16(28)12-15(17)8-11-22(18)36-4/h5-12,20H,13-14H2,1-4H3,(H,32,35). The summed E-state index contributed by atoms with van der Waals surface area (Å²) >= 11 is 3.44. The Hall–Kier alpha value is -3.47. The van der Waals surface area contributed by atoms with Crippen LogP contribution in [0.5, 0.6) is 11.5 Å². The lowest BCUT2D eigenvalue weighted by atomic mass is 10.0. The number of benzene rings is 3. The Kier molecular flexibility index (Phi) is 7.51. The highest BCUT2D eigenvalue weighted by Gasteiger charge is 2.41. The van der Waals surface area contributed by atoms with Gasteiger partial charge in [-0.3, -0.25) is 4.79 Å². The van der Waals surface area contributed by atoms with Gasteiger partial charge in [-0.05, 0) is 61.9 Å². The number of rotatable bonds is 4. The summed E-state index contributed by atoms with van der Waals surface area (Å²) in [5, 5.41) is 4.03. The number of carbonyl (C=O) groups is 2. The van der Waals surface area contributed by atoms with Gasteiger partial charge in [-0.1, -0.05) is 34.1 Å². The molecule has 11 heteroatoms. The molecule has 0 saturated heterocycles. The zero-order chi connectivity index (χ0) is 27.8. The molecule has 1 atom stereocenters. The lowest BCUT2D eigenvalue weighted by Crippen LogP contribution is -2.51. The summed E-state index contributed by atoms with van der Waals surface area (Å²) in [6.45, 7) is 4.29. The molecular weight excluding hydrogens is 569 g/mol. The van der Waals surface area contributed by atoms with Crippen LogP contribution >= 0.6 is 15.9 Å². The monoisotopic (exact) mass is 594 g/mol. The molecule has 38 heavy (non-hydrogen) atoms. The minimum absolute atomic E-state index is 0.0746. The summed E-state index contributed by atoms with van der Waals surface area (Å²) in [6, 6.07) is 11.3. The number of amides is 2. The van der Waals surface area contributed by atoms with Crippen molar-refractivity contribution < 1.29 is 37.0 Å². The van der Waals surface area contributed by atoms with Gasteiger partial charge in [0.15, 0.2) is 5.75 Å². The van der Waals surface area contributed by atoms with E-state index in [1.165, 1.54) is 24.1 Å². The third-order valence-corrected chi connectivity index (χ3v) is 6.32. The Morgan fingerprint density at radius 3 is 2.55 bits per heavy atom. The number of fused-ring (bicyclic) bond motifs is 2. The van der Waals surface area contributed by atoms with Crippen LogP contribution in [0.2, 0.25) is 0 Å². The van der Waals surface area contributed by atoms with Crippen molar-refractivity contribution in [3.63, 3.8) is 0 Å². The topological polar surface area (TPSA) is 77.1 Å². The fraction of sp³-hybridized carbons (Fsp3) is 0.333. The van der Waals surface area contributed by atoms with E-state index in [9.17, 15) is 22.8 Å². The SMILES string of the molecule is COc1ccc2cc(Br)ccc2c1CN1C(=O)C(NC(=O)OC(C)(C)C)COc2c1cccc2C(F)(F)F. The molecule has 1 aliphatic rings. The molecule has 7 nitrogen and oxygen atoms in total. The van der Waals surface area contributed by atoms with Crippen molar-refractivity contribution in [1.29, 1.82) is 0 Å². The number of methoxy groups -OCH3 is 1. The minimum Gasteiger partial charge on any atom is -0.496 e. The zero-order valence-corrected chi connectivity index (χ0v) is 22.7. The summed E-state index contributed by atoms with van der Waals surface area (Å²) in [7, 11) is 1.47. The molecule has 0 aliphatic carbocycles. The van der Waals surface area contributed by atoms with E-state index in [4.69, 9.17) is 14.2 Å². The minimum atomic E-state index is -4.73. The molecule has 1 unspecified atom stereocenters. The van der Waals surface area contributed by atoms with E-state index in [1.54, 1.807) is 26.8 Å². The number of hydrogen-bond donors (Lipinski definition) is 1. The average Bonchev–Trinajstić information content (AvgIpc) is 2.94. The molecule has 0 aromatic heterocycles. The zero-order valence-electron chi connectivity index (χ0n) is 21.1. The molecule has 0 fully saturated rings. The number of carbonyl (C=O) groups excluding carboxylic acids is 2. The van der Waals surface area contributed by atoms with Crippen LogP contribution in [-0.2, 0) is 22.3 Å². The molecule has 0 spiro atoms. The van der Waals surface area contributed by atoms with E-state index < -0.39 is 47.7 Å². The number of halogens is 4. The number of anilines is 1. The number of ether oxygens (including phenoxy) is 3. The molecule has 2 amide bonds. The molecule has 3 aromatic rings. The van der Waals surface area contributed by atoms with Crippen LogP contribution in [0, 0.1) is 0 Å².